The number of nitrogens with zero attached hydrogens (tertiary/aromatic N) is 2. The Morgan fingerprint density at radius 2 is 1.67 bits per heavy atom. The molecule has 2 aliphatic rings. The number of ether oxygens (including phenoxy) is 2. The highest BCUT2D eigenvalue weighted by Crippen LogP contribution is 2.43. The molecule has 2 amide bonds. The average molecular weight is 633 g/mol. The summed E-state index contributed by atoms with van der Waals surface area (Å²) in [5, 5.41) is 3.71. The minimum absolute atomic E-state index is 0.0773. The molecule has 2 fully saturated rings. The van der Waals surface area contributed by atoms with Crippen LogP contribution in [-0.4, -0.2) is 56.9 Å². The average Bonchev–Trinajstić information content (AvgIpc) is 3.29. The van der Waals surface area contributed by atoms with E-state index in [1.807, 2.05) is 24.3 Å². The fourth-order valence-corrected chi connectivity index (χ4v) is 7.77. The highest BCUT2D eigenvalue weighted by Gasteiger charge is 2.42. The standard InChI is InChI=1S/C31H35Cl2N3O5S/c1-31(2)20-35(19-27(31)21-8-7-9-24(14-21)40-3)30(37)34-28-18-26(42(38,39)36-12-5-4-6-13-36)10-11-29(28)41-25-16-22(32)15-23(33)17-25/h7-11,14-18,27H,4-6,12-13,19-20H2,1-3H3,(H,34,37). The molecule has 0 bridgehead atoms. The third-order valence-electron chi connectivity index (χ3n) is 7.94. The molecular weight excluding hydrogens is 597 g/mol. The van der Waals surface area contributed by atoms with E-state index in [4.69, 9.17) is 32.7 Å². The van der Waals surface area contributed by atoms with Crippen molar-refractivity contribution < 1.29 is 22.7 Å². The van der Waals surface area contributed by atoms with Crippen molar-refractivity contribution >= 4 is 44.9 Å². The minimum Gasteiger partial charge on any atom is -0.497 e. The fraction of sp³-hybridized carbons (Fsp3) is 0.387. The summed E-state index contributed by atoms with van der Waals surface area (Å²) < 4.78 is 40.0. The molecule has 1 atom stereocenters. The van der Waals surface area contributed by atoms with E-state index in [2.05, 4.69) is 19.2 Å². The number of nitrogens with one attached hydrogen (secondary N) is 1. The van der Waals surface area contributed by atoms with Crippen LogP contribution in [0.15, 0.2) is 65.6 Å². The Hall–Kier alpha value is -2.98. The first-order valence-corrected chi connectivity index (χ1v) is 16.1. The number of rotatable bonds is 7. The summed E-state index contributed by atoms with van der Waals surface area (Å²) in [7, 11) is -2.12. The monoisotopic (exact) mass is 631 g/mol. The van der Waals surface area contributed by atoms with Gasteiger partial charge in [-0.2, -0.15) is 4.31 Å². The first kappa shape index (κ1) is 30.5. The van der Waals surface area contributed by atoms with Gasteiger partial charge >= 0.3 is 6.03 Å². The molecule has 0 aromatic heterocycles. The van der Waals surface area contributed by atoms with Crippen LogP contribution >= 0.6 is 23.2 Å². The topological polar surface area (TPSA) is 88.2 Å². The van der Waals surface area contributed by atoms with Crippen molar-refractivity contribution in [2.24, 2.45) is 5.41 Å². The summed E-state index contributed by atoms with van der Waals surface area (Å²) in [6, 6.07) is 16.8. The van der Waals surface area contributed by atoms with Gasteiger partial charge in [0.2, 0.25) is 10.0 Å². The number of hydrogen-bond donors (Lipinski definition) is 1. The van der Waals surface area contributed by atoms with Gasteiger partial charge in [0.25, 0.3) is 0 Å². The number of amides is 2. The van der Waals surface area contributed by atoms with Crippen LogP contribution in [0.25, 0.3) is 0 Å². The quantitative estimate of drug-likeness (QED) is 0.290. The molecule has 0 radical (unpaired) electrons. The van der Waals surface area contributed by atoms with Gasteiger partial charge in [-0.05, 0) is 72.4 Å². The van der Waals surface area contributed by atoms with E-state index in [-0.39, 0.29) is 33.7 Å². The molecule has 1 N–H and O–H groups in total. The van der Waals surface area contributed by atoms with Gasteiger partial charge in [0.05, 0.1) is 17.7 Å². The van der Waals surface area contributed by atoms with Crippen LogP contribution in [-0.2, 0) is 10.0 Å². The third kappa shape index (κ3) is 6.64. The molecule has 0 spiro atoms. The van der Waals surface area contributed by atoms with Crippen LogP contribution < -0.4 is 14.8 Å². The normalized spacial score (nSPS) is 19.0. The summed E-state index contributed by atoms with van der Waals surface area (Å²) >= 11 is 12.3. The van der Waals surface area contributed by atoms with E-state index in [9.17, 15) is 13.2 Å². The Bertz CT molecular complexity index is 1550. The second-order valence-corrected chi connectivity index (χ2v) is 14.3. The molecule has 0 saturated carbocycles. The predicted molar refractivity (Wildman–Crippen MR) is 166 cm³/mol. The van der Waals surface area contributed by atoms with Gasteiger partial charge in [-0.3, -0.25) is 0 Å². The van der Waals surface area contributed by atoms with Crippen LogP contribution in [0.5, 0.6) is 17.2 Å². The number of piperidine rings is 1. The van der Waals surface area contributed by atoms with Crippen molar-refractivity contribution in [3.05, 3.63) is 76.3 Å². The Kier molecular flexibility index (Phi) is 8.94. The largest absolute Gasteiger partial charge is 0.497 e. The lowest BCUT2D eigenvalue weighted by Gasteiger charge is -2.26. The Labute approximate surface area is 257 Å². The van der Waals surface area contributed by atoms with Crippen LogP contribution in [0.3, 0.4) is 0 Å². The maximum absolute atomic E-state index is 13.7. The molecule has 8 nitrogen and oxygen atoms in total. The molecule has 3 aromatic rings. The van der Waals surface area contributed by atoms with Gasteiger partial charge in [-0.1, -0.05) is 55.6 Å². The number of likely N-dealkylation sites (tertiary alicyclic amines) is 1. The zero-order valence-corrected chi connectivity index (χ0v) is 26.2. The first-order chi connectivity index (χ1) is 20.0. The van der Waals surface area contributed by atoms with Crippen molar-refractivity contribution in [2.75, 3.05) is 38.6 Å². The second kappa shape index (κ2) is 12.3. The number of benzene rings is 3. The van der Waals surface area contributed by atoms with Crippen LogP contribution in [0.4, 0.5) is 10.5 Å². The number of carbonyl (C=O) groups excluding carboxylic acids is 1. The lowest BCUT2D eigenvalue weighted by molar-refractivity contribution is 0.217. The highest BCUT2D eigenvalue weighted by atomic mass is 35.5. The van der Waals surface area contributed by atoms with Crippen molar-refractivity contribution in [2.45, 2.75) is 43.9 Å². The summed E-state index contributed by atoms with van der Waals surface area (Å²) in [4.78, 5) is 15.5. The summed E-state index contributed by atoms with van der Waals surface area (Å²) in [5.41, 5.74) is 1.11. The van der Waals surface area contributed by atoms with Crippen molar-refractivity contribution in [1.82, 2.24) is 9.21 Å². The number of anilines is 1. The lowest BCUT2D eigenvalue weighted by atomic mass is 9.78. The fourth-order valence-electron chi connectivity index (χ4n) is 5.72. The van der Waals surface area contributed by atoms with E-state index in [1.54, 1.807) is 36.3 Å². The number of urea groups is 1. The van der Waals surface area contributed by atoms with Gasteiger partial charge in [-0.15, -0.1) is 0 Å². The van der Waals surface area contributed by atoms with Crippen molar-refractivity contribution in [3.63, 3.8) is 0 Å². The van der Waals surface area contributed by atoms with Crippen molar-refractivity contribution in [1.29, 1.82) is 0 Å². The predicted octanol–water partition coefficient (Wildman–Crippen LogP) is 7.63. The molecule has 2 heterocycles. The zero-order valence-electron chi connectivity index (χ0n) is 23.9. The maximum Gasteiger partial charge on any atom is 0.321 e. The van der Waals surface area contributed by atoms with Gasteiger partial charge in [0.15, 0.2) is 5.75 Å². The molecule has 1 unspecified atom stereocenters. The number of halogens is 2. The highest BCUT2D eigenvalue weighted by molar-refractivity contribution is 7.89. The molecule has 3 aromatic carbocycles. The molecule has 2 aliphatic heterocycles. The lowest BCUT2D eigenvalue weighted by Crippen LogP contribution is -2.36. The van der Waals surface area contributed by atoms with Crippen LogP contribution in [0.2, 0.25) is 10.0 Å². The molecule has 2 saturated heterocycles. The third-order valence-corrected chi connectivity index (χ3v) is 10.3. The minimum atomic E-state index is -3.75. The summed E-state index contributed by atoms with van der Waals surface area (Å²) in [5.74, 6) is 1.46. The summed E-state index contributed by atoms with van der Waals surface area (Å²) in [6.45, 7) is 6.20. The Morgan fingerprint density at radius 1 is 0.952 bits per heavy atom. The zero-order chi connectivity index (χ0) is 30.1. The first-order valence-electron chi connectivity index (χ1n) is 13.9. The molecule has 224 valence electrons. The Balaban J connectivity index is 1.44. The van der Waals surface area contributed by atoms with Gasteiger partial charge in [-0.25, -0.2) is 13.2 Å². The van der Waals surface area contributed by atoms with Gasteiger partial charge in [0.1, 0.15) is 11.5 Å². The summed E-state index contributed by atoms with van der Waals surface area (Å²) in [6.07, 6.45) is 2.64. The van der Waals surface area contributed by atoms with Crippen LogP contribution in [0.1, 0.15) is 44.6 Å². The van der Waals surface area contributed by atoms with Gasteiger partial charge in [0, 0.05) is 42.1 Å². The van der Waals surface area contributed by atoms with Crippen LogP contribution in [0, 0.1) is 5.41 Å². The van der Waals surface area contributed by atoms with E-state index in [0.717, 1.165) is 30.6 Å². The van der Waals surface area contributed by atoms with E-state index < -0.39 is 10.0 Å². The Morgan fingerprint density at radius 3 is 2.36 bits per heavy atom. The van der Waals surface area contributed by atoms with E-state index in [1.165, 1.54) is 16.4 Å². The number of sulfonamides is 1. The van der Waals surface area contributed by atoms with E-state index >= 15 is 0 Å². The van der Waals surface area contributed by atoms with E-state index in [0.29, 0.717) is 42.0 Å². The SMILES string of the molecule is COc1cccc(C2CN(C(=O)Nc3cc(S(=O)(=O)N4CCCCC4)ccc3Oc3cc(Cl)cc(Cl)c3)CC2(C)C)c1. The maximum atomic E-state index is 13.7. The number of methoxy groups -OCH3 is 1. The molecule has 5 rings (SSSR count). The smallest absolute Gasteiger partial charge is 0.321 e. The molecular formula is C31H35Cl2N3O5S. The molecule has 11 heteroatoms. The number of carbonyl (C=O) groups is 1. The number of hydrogen-bond acceptors (Lipinski definition) is 5. The van der Waals surface area contributed by atoms with Crippen molar-refractivity contribution in [3.8, 4) is 17.2 Å². The second-order valence-electron chi connectivity index (χ2n) is 11.5. The van der Waals surface area contributed by atoms with Gasteiger partial charge < -0.3 is 19.7 Å². The molecule has 42 heavy (non-hydrogen) atoms. The molecule has 0 aliphatic carbocycles.